The zero-order valence-electron chi connectivity index (χ0n) is 11.7. The zero-order valence-corrected chi connectivity index (χ0v) is 14.1. The van der Waals surface area contributed by atoms with Gasteiger partial charge in [-0.3, -0.25) is 4.79 Å². The van der Waals surface area contributed by atoms with Crippen molar-refractivity contribution in [3.63, 3.8) is 0 Å². The summed E-state index contributed by atoms with van der Waals surface area (Å²) in [5, 5.41) is 3.18. The van der Waals surface area contributed by atoms with Crippen LogP contribution in [0, 0.1) is 6.92 Å². The smallest absolute Gasteiger partial charge is 0.339 e. The van der Waals surface area contributed by atoms with E-state index >= 15 is 0 Å². The highest BCUT2D eigenvalue weighted by atomic mass is 79.9. The van der Waals surface area contributed by atoms with Gasteiger partial charge in [-0.2, -0.15) is 0 Å². The van der Waals surface area contributed by atoms with Crippen LogP contribution < -0.4 is 5.32 Å². The molecule has 0 aromatic heterocycles. The molecule has 0 radical (unpaired) electrons. The lowest BCUT2D eigenvalue weighted by molar-refractivity contribution is -0.119. The number of ether oxygens (including phenoxy) is 1. The molecule has 4 nitrogen and oxygen atoms in total. The van der Waals surface area contributed by atoms with E-state index in [1.54, 1.807) is 42.5 Å². The van der Waals surface area contributed by atoms with E-state index in [0.29, 0.717) is 20.7 Å². The van der Waals surface area contributed by atoms with Crippen molar-refractivity contribution in [3.05, 3.63) is 63.1 Å². The monoisotopic (exact) mass is 381 g/mol. The molecule has 1 N–H and O–H groups in total. The molecule has 0 fully saturated rings. The van der Waals surface area contributed by atoms with Crippen molar-refractivity contribution in [1.29, 1.82) is 0 Å². The Labute approximate surface area is 141 Å². The van der Waals surface area contributed by atoms with Crippen LogP contribution in [0.15, 0.2) is 46.9 Å². The molecule has 0 atom stereocenters. The molecule has 0 saturated heterocycles. The van der Waals surface area contributed by atoms with Gasteiger partial charge in [-0.05, 0) is 52.7 Å². The molecule has 0 aliphatic rings. The maximum atomic E-state index is 11.9. The highest BCUT2D eigenvalue weighted by Crippen LogP contribution is 2.20. The quantitative estimate of drug-likeness (QED) is 0.806. The number of halogens is 2. The first-order valence-electron chi connectivity index (χ1n) is 6.45. The molecule has 0 heterocycles. The van der Waals surface area contributed by atoms with Gasteiger partial charge in [-0.25, -0.2) is 4.79 Å². The average Bonchev–Trinajstić information content (AvgIpc) is 2.49. The lowest BCUT2D eigenvalue weighted by Gasteiger charge is -2.09. The number of esters is 1. The number of nitrogens with one attached hydrogen (secondary N) is 1. The van der Waals surface area contributed by atoms with Crippen LogP contribution >= 0.6 is 27.5 Å². The third kappa shape index (κ3) is 4.32. The summed E-state index contributed by atoms with van der Waals surface area (Å²) in [4.78, 5) is 23.7. The molecular formula is C16H13BrClNO3. The Bertz CT molecular complexity index is 718. The van der Waals surface area contributed by atoms with E-state index in [9.17, 15) is 9.59 Å². The maximum Gasteiger partial charge on any atom is 0.339 e. The van der Waals surface area contributed by atoms with Gasteiger partial charge in [-0.1, -0.05) is 29.8 Å². The van der Waals surface area contributed by atoms with Crippen molar-refractivity contribution in [3.8, 4) is 0 Å². The van der Waals surface area contributed by atoms with Crippen LogP contribution in [-0.2, 0) is 9.53 Å². The fraction of sp³-hybridized carbons (Fsp3) is 0.125. The van der Waals surface area contributed by atoms with Crippen molar-refractivity contribution >= 4 is 45.1 Å². The number of carbonyl (C=O) groups excluding carboxylic acids is 2. The fourth-order valence-electron chi connectivity index (χ4n) is 1.75. The number of benzene rings is 2. The number of hydrogen-bond acceptors (Lipinski definition) is 3. The third-order valence-corrected chi connectivity index (χ3v) is 3.83. The molecule has 0 aliphatic heterocycles. The van der Waals surface area contributed by atoms with Crippen LogP contribution in [0.5, 0.6) is 0 Å². The first-order chi connectivity index (χ1) is 10.5. The van der Waals surface area contributed by atoms with Crippen molar-refractivity contribution < 1.29 is 14.3 Å². The summed E-state index contributed by atoms with van der Waals surface area (Å²) in [7, 11) is 0. The van der Waals surface area contributed by atoms with Gasteiger partial charge in [0.2, 0.25) is 0 Å². The SMILES string of the molecule is Cc1ccc(Cl)cc1NC(=O)COC(=O)c1ccccc1Br. The van der Waals surface area contributed by atoms with Crippen LogP contribution in [0.1, 0.15) is 15.9 Å². The molecule has 2 rings (SSSR count). The van der Waals surface area contributed by atoms with Gasteiger partial charge in [-0.15, -0.1) is 0 Å². The number of hydrogen-bond donors (Lipinski definition) is 1. The summed E-state index contributed by atoms with van der Waals surface area (Å²) in [6.07, 6.45) is 0. The van der Waals surface area contributed by atoms with E-state index in [4.69, 9.17) is 16.3 Å². The summed E-state index contributed by atoms with van der Waals surface area (Å²) in [6.45, 7) is 1.48. The zero-order chi connectivity index (χ0) is 16.1. The van der Waals surface area contributed by atoms with Crippen molar-refractivity contribution in [2.45, 2.75) is 6.92 Å². The largest absolute Gasteiger partial charge is 0.452 e. The van der Waals surface area contributed by atoms with Gasteiger partial charge in [0.05, 0.1) is 5.56 Å². The van der Waals surface area contributed by atoms with E-state index in [0.717, 1.165) is 5.56 Å². The Morgan fingerprint density at radius 2 is 1.95 bits per heavy atom. The summed E-state index contributed by atoms with van der Waals surface area (Å²) < 4.78 is 5.62. The molecule has 0 bridgehead atoms. The van der Waals surface area contributed by atoms with Crippen molar-refractivity contribution in [2.75, 3.05) is 11.9 Å². The van der Waals surface area contributed by atoms with Crippen molar-refractivity contribution in [2.24, 2.45) is 0 Å². The molecule has 0 aliphatic carbocycles. The van der Waals surface area contributed by atoms with Crippen LogP contribution in [0.4, 0.5) is 5.69 Å². The molecular weight excluding hydrogens is 370 g/mol. The van der Waals surface area contributed by atoms with Gasteiger partial charge >= 0.3 is 5.97 Å². The fourth-order valence-corrected chi connectivity index (χ4v) is 2.37. The molecule has 1 amide bonds. The van der Waals surface area contributed by atoms with E-state index in [1.807, 2.05) is 6.92 Å². The Morgan fingerprint density at radius 3 is 2.68 bits per heavy atom. The number of aryl methyl sites for hydroxylation is 1. The maximum absolute atomic E-state index is 11.9. The summed E-state index contributed by atoms with van der Waals surface area (Å²) in [5.74, 6) is -0.990. The van der Waals surface area contributed by atoms with Crippen LogP contribution in [0.2, 0.25) is 5.02 Å². The number of anilines is 1. The van der Waals surface area contributed by atoms with Crippen molar-refractivity contribution in [1.82, 2.24) is 0 Å². The minimum atomic E-state index is -0.564. The van der Waals surface area contributed by atoms with E-state index in [1.165, 1.54) is 0 Å². The van der Waals surface area contributed by atoms with Crippen LogP contribution in [-0.4, -0.2) is 18.5 Å². The molecule has 2 aromatic carbocycles. The van der Waals surface area contributed by atoms with Gasteiger partial charge in [0.15, 0.2) is 6.61 Å². The Kier molecular flexibility index (Phi) is 5.57. The predicted molar refractivity (Wildman–Crippen MR) is 89.2 cm³/mol. The van der Waals surface area contributed by atoms with Crippen LogP contribution in [0.3, 0.4) is 0 Å². The van der Waals surface area contributed by atoms with Gasteiger partial charge in [0.1, 0.15) is 0 Å². The average molecular weight is 383 g/mol. The molecule has 2 aromatic rings. The highest BCUT2D eigenvalue weighted by molar-refractivity contribution is 9.10. The number of rotatable bonds is 4. The molecule has 22 heavy (non-hydrogen) atoms. The lowest BCUT2D eigenvalue weighted by Crippen LogP contribution is -2.21. The second-order valence-corrected chi connectivity index (χ2v) is 5.85. The summed E-state index contributed by atoms with van der Waals surface area (Å²) in [6, 6.07) is 12.0. The lowest BCUT2D eigenvalue weighted by atomic mass is 10.2. The van der Waals surface area contributed by atoms with E-state index < -0.39 is 11.9 Å². The minimum Gasteiger partial charge on any atom is -0.452 e. The number of carbonyl (C=O) groups is 2. The first-order valence-corrected chi connectivity index (χ1v) is 7.62. The predicted octanol–water partition coefficient (Wildman–Crippen LogP) is 4.21. The highest BCUT2D eigenvalue weighted by Gasteiger charge is 2.13. The Hall–Kier alpha value is -1.85. The number of amides is 1. The Balaban J connectivity index is 1.94. The van der Waals surface area contributed by atoms with E-state index in [2.05, 4.69) is 21.2 Å². The van der Waals surface area contributed by atoms with Gasteiger partial charge < -0.3 is 10.1 Å². The third-order valence-electron chi connectivity index (χ3n) is 2.90. The minimum absolute atomic E-state index is 0.369. The molecule has 0 saturated carbocycles. The first kappa shape index (κ1) is 16.5. The second-order valence-electron chi connectivity index (χ2n) is 4.56. The molecule has 6 heteroatoms. The molecule has 0 spiro atoms. The summed E-state index contributed by atoms with van der Waals surface area (Å²) >= 11 is 9.14. The topological polar surface area (TPSA) is 55.4 Å². The normalized spacial score (nSPS) is 10.1. The van der Waals surface area contributed by atoms with E-state index in [-0.39, 0.29) is 6.61 Å². The van der Waals surface area contributed by atoms with Crippen LogP contribution in [0.25, 0.3) is 0 Å². The second kappa shape index (κ2) is 7.42. The van der Waals surface area contributed by atoms with Gasteiger partial charge in [0.25, 0.3) is 5.91 Å². The summed E-state index contributed by atoms with van der Waals surface area (Å²) in [5.41, 5.74) is 1.83. The Morgan fingerprint density at radius 1 is 1.23 bits per heavy atom. The molecule has 114 valence electrons. The molecule has 0 unspecified atom stereocenters. The standard InChI is InChI=1S/C16H13BrClNO3/c1-10-6-7-11(18)8-14(10)19-15(20)9-22-16(21)12-4-2-3-5-13(12)17/h2-8H,9H2,1H3,(H,19,20). The van der Waals surface area contributed by atoms with Gasteiger partial charge in [0, 0.05) is 15.2 Å².